The standard InChI is InChI=1S/C17H25N5O3S.ClH/c1-12(2)13-4-6-14(7-5-13)16(18)9-19-17(23)10-21-26(24,25)15-8-20-22(3)11-15;/h4-8,11-12,16,21H,9-10,18H2,1-3H3,(H,19,23);1H. The molecule has 4 N–H and O–H groups in total. The number of rotatable bonds is 8. The third-order valence-electron chi connectivity index (χ3n) is 3.96. The summed E-state index contributed by atoms with van der Waals surface area (Å²) in [6.45, 7) is 4.08. The maximum absolute atomic E-state index is 12.0. The number of nitrogens with two attached hydrogens (primary N) is 1. The lowest BCUT2D eigenvalue weighted by atomic mass is 9.99. The smallest absolute Gasteiger partial charge is 0.244 e. The summed E-state index contributed by atoms with van der Waals surface area (Å²) in [5.41, 5.74) is 8.21. The summed E-state index contributed by atoms with van der Waals surface area (Å²) in [6, 6.07) is 7.55. The Morgan fingerprint density at radius 3 is 2.33 bits per heavy atom. The number of nitrogens with one attached hydrogen (secondary N) is 2. The molecule has 0 aliphatic heterocycles. The minimum Gasteiger partial charge on any atom is -0.353 e. The van der Waals surface area contributed by atoms with Gasteiger partial charge in [-0.1, -0.05) is 38.1 Å². The number of halogens is 1. The molecule has 0 fully saturated rings. The van der Waals surface area contributed by atoms with Crippen LogP contribution in [0, 0.1) is 0 Å². The number of carbonyl (C=O) groups excluding carboxylic acids is 1. The van der Waals surface area contributed by atoms with Gasteiger partial charge in [0.2, 0.25) is 15.9 Å². The molecule has 0 saturated heterocycles. The van der Waals surface area contributed by atoms with Gasteiger partial charge in [-0.3, -0.25) is 9.48 Å². The molecule has 2 rings (SSSR count). The van der Waals surface area contributed by atoms with Crippen LogP contribution in [0.15, 0.2) is 41.6 Å². The van der Waals surface area contributed by atoms with Gasteiger partial charge in [0.05, 0.1) is 12.7 Å². The molecular weight excluding hydrogens is 390 g/mol. The average Bonchev–Trinajstić information content (AvgIpc) is 3.05. The van der Waals surface area contributed by atoms with Crippen LogP contribution < -0.4 is 15.8 Å². The number of hydrogen-bond acceptors (Lipinski definition) is 5. The first-order valence-electron chi connectivity index (χ1n) is 8.29. The molecular formula is C17H26ClN5O3S. The number of aromatic nitrogens is 2. The highest BCUT2D eigenvalue weighted by Crippen LogP contribution is 2.17. The van der Waals surface area contributed by atoms with Crippen molar-refractivity contribution >= 4 is 28.3 Å². The van der Waals surface area contributed by atoms with Crippen molar-refractivity contribution < 1.29 is 13.2 Å². The molecule has 1 atom stereocenters. The first kappa shape index (κ1) is 23.1. The van der Waals surface area contributed by atoms with Crippen LogP contribution in [0.3, 0.4) is 0 Å². The number of hydrogen-bond donors (Lipinski definition) is 3. The van der Waals surface area contributed by atoms with Gasteiger partial charge in [-0.2, -0.15) is 5.10 Å². The Bertz CT molecular complexity index is 850. The van der Waals surface area contributed by atoms with E-state index in [1.165, 1.54) is 22.6 Å². The average molecular weight is 416 g/mol. The second-order valence-corrected chi connectivity index (χ2v) is 8.17. The van der Waals surface area contributed by atoms with Crippen LogP contribution in [0.25, 0.3) is 0 Å². The number of nitrogens with zero attached hydrogens (tertiary/aromatic N) is 2. The normalized spacial score (nSPS) is 12.5. The SMILES string of the molecule is CC(C)c1ccc(C(N)CNC(=O)CNS(=O)(=O)c2cnn(C)c2)cc1.Cl. The van der Waals surface area contributed by atoms with E-state index in [1.807, 2.05) is 24.3 Å². The molecule has 1 aromatic heterocycles. The van der Waals surface area contributed by atoms with E-state index in [4.69, 9.17) is 5.73 Å². The molecule has 0 aliphatic rings. The highest BCUT2D eigenvalue weighted by molar-refractivity contribution is 7.89. The quantitative estimate of drug-likeness (QED) is 0.595. The Kier molecular flexibility index (Phi) is 8.42. The van der Waals surface area contributed by atoms with E-state index in [1.54, 1.807) is 7.05 Å². The molecule has 0 saturated carbocycles. The van der Waals surface area contributed by atoms with E-state index in [9.17, 15) is 13.2 Å². The van der Waals surface area contributed by atoms with Crippen LogP contribution in [-0.2, 0) is 21.9 Å². The van der Waals surface area contributed by atoms with Gasteiger partial charge in [0.25, 0.3) is 0 Å². The highest BCUT2D eigenvalue weighted by atomic mass is 35.5. The van der Waals surface area contributed by atoms with Crippen LogP contribution in [0.4, 0.5) is 0 Å². The number of amides is 1. The van der Waals surface area contributed by atoms with Gasteiger partial charge >= 0.3 is 0 Å². The second kappa shape index (κ2) is 9.84. The molecule has 1 amide bonds. The minimum absolute atomic E-state index is 0. The lowest BCUT2D eigenvalue weighted by molar-refractivity contribution is -0.120. The zero-order valence-corrected chi connectivity index (χ0v) is 17.2. The van der Waals surface area contributed by atoms with E-state index in [0.29, 0.717) is 5.92 Å². The molecule has 1 unspecified atom stereocenters. The molecule has 1 heterocycles. The summed E-state index contributed by atoms with van der Waals surface area (Å²) in [7, 11) is -2.15. The molecule has 0 spiro atoms. The fourth-order valence-electron chi connectivity index (χ4n) is 2.31. The van der Waals surface area contributed by atoms with Gasteiger partial charge in [0.15, 0.2) is 0 Å². The van der Waals surface area contributed by atoms with E-state index < -0.39 is 15.9 Å². The summed E-state index contributed by atoms with van der Waals surface area (Å²) in [6.07, 6.45) is 2.58. The summed E-state index contributed by atoms with van der Waals surface area (Å²) < 4.78 is 27.7. The van der Waals surface area contributed by atoms with E-state index in [-0.39, 0.29) is 36.4 Å². The van der Waals surface area contributed by atoms with Crippen molar-refractivity contribution in [1.29, 1.82) is 0 Å². The third-order valence-corrected chi connectivity index (χ3v) is 5.32. The molecule has 2 aromatic rings. The highest BCUT2D eigenvalue weighted by Gasteiger charge is 2.17. The molecule has 0 aliphatic carbocycles. The Balaban J connectivity index is 0.00000364. The van der Waals surface area contributed by atoms with E-state index in [0.717, 1.165) is 5.56 Å². The van der Waals surface area contributed by atoms with Crippen molar-refractivity contribution in [1.82, 2.24) is 19.8 Å². The molecule has 0 radical (unpaired) electrons. The van der Waals surface area contributed by atoms with Crippen LogP contribution in [0.2, 0.25) is 0 Å². The minimum atomic E-state index is -3.76. The van der Waals surface area contributed by atoms with Crippen molar-refractivity contribution in [2.45, 2.75) is 30.7 Å². The number of sulfonamides is 1. The fraction of sp³-hybridized carbons (Fsp3) is 0.412. The summed E-state index contributed by atoms with van der Waals surface area (Å²) >= 11 is 0. The van der Waals surface area contributed by atoms with Gasteiger partial charge in [-0.15, -0.1) is 12.4 Å². The third kappa shape index (κ3) is 6.62. The summed E-state index contributed by atoms with van der Waals surface area (Å²) in [5, 5.41) is 6.44. The fourth-order valence-corrected chi connectivity index (χ4v) is 3.28. The molecule has 27 heavy (non-hydrogen) atoms. The Morgan fingerprint density at radius 2 is 1.81 bits per heavy atom. The van der Waals surface area contributed by atoms with Crippen LogP contribution in [-0.4, -0.2) is 37.2 Å². The van der Waals surface area contributed by atoms with Gasteiger partial charge in [-0.05, 0) is 17.0 Å². The van der Waals surface area contributed by atoms with Gasteiger partial charge in [0, 0.05) is 25.8 Å². The van der Waals surface area contributed by atoms with Gasteiger partial charge in [0.1, 0.15) is 4.90 Å². The van der Waals surface area contributed by atoms with Crippen molar-refractivity contribution in [3.05, 3.63) is 47.8 Å². The predicted octanol–water partition coefficient (Wildman–Crippen LogP) is 1.06. The topological polar surface area (TPSA) is 119 Å². The van der Waals surface area contributed by atoms with E-state index >= 15 is 0 Å². The monoisotopic (exact) mass is 415 g/mol. The van der Waals surface area contributed by atoms with Crippen molar-refractivity contribution in [2.75, 3.05) is 13.1 Å². The Morgan fingerprint density at radius 1 is 1.22 bits per heavy atom. The van der Waals surface area contributed by atoms with Crippen molar-refractivity contribution in [3.63, 3.8) is 0 Å². The summed E-state index contributed by atoms with van der Waals surface area (Å²) in [4.78, 5) is 11.9. The maximum Gasteiger partial charge on any atom is 0.244 e. The van der Waals surface area contributed by atoms with Gasteiger partial charge < -0.3 is 11.1 Å². The van der Waals surface area contributed by atoms with Crippen LogP contribution in [0.5, 0.6) is 0 Å². The maximum atomic E-state index is 12.0. The largest absolute Gasteiger partial charge is 0.353 e. The molecule has 0 bridgehead atoms. The molecule has 150 valence electrons. The summed E-state index contributed by atoms with van der Waals surface area (Å²) in [5.74, 6) is -0.0143. The number of aryl methyl sites for hydroxylation is 1. The Hall–Kier alpha value is -1.94. The zero-order valence-electron chi connectivity index (χ0n) is 15.5. The Labute approximate surface area is 166 Å². The second-order valence-electron chi connectivity index (χ2n) is 6.41. The lowest BCUT2D eigenvalue weighted by Gasteiger charge is -2.15. The lowest BCUT2D eigenvalue weighted by Crippen LogP contribution is -2.39. The molecule has 8 nitrogen and oxygen atoms in total. The predicted molar refractivity (Wildman–Crippen MR) is 106 cm³/mol. The van der Waals surface area contributed by atoms with Gasteiger partial charge in [-0.25, -0.2) is 13.1 Å². The van der Waals surface area contributed by atoms with Crippen LogP contribution in [0.1, 0.15) is 36.9 Å². The zero-order chi connectivity index (χ0) is 19.3. The first-order valence-corrected chi connectivity index (χ1v) is 9.78. The van der Waals surface area contributed by atoms with Crippen LogP contribution >= 0.6 is 12.4 Å². The molecule has 10 heteroatoms. The number of benzene rings is 1. The van der Waals surface area contributed by atoms with Crippen molar-refractivity contribution in [3.8, 4) is 0 Å². The number of carbonyl (C=O) groups is 1. The van der Waals surface area contributed by atoms with E-state index in [2.05, 4.69) is 29.0 Å². The molecule has 1 aromatic carbocycles. The first-order chi connectivity index (χ1) is 12.2. The van der Waals surface area contributed by atoms with Crippen molar-refractivity contribution in [2.24, 2.45) is 12.8 Å².